The van der Waals surface area contributed by atoms with Crippen LogP contribution in [-0.2, 0) is 0 Å². The summed E-state index contributed by atoms with van der Waals surface area (Å²) in [5, 5.41) is 0. The summed E-state index contributed by atoms with van der Waals surface area (Å²) in [5.74, 6) is 1.60. The third kappa shape index (κ3) is 3.49. The summed E-state index contributed by atoms with van der Waals surface area (Å²) in [4.78, 5) is 11.1. The molecule has 0 atom stereocenters. The van der Waals surface area contributed by atoms with Gasteiger partial charge in [-0.25, -0.2) is 0 Å². The van der Waals surface area contributed by atoms with Crippen LogP contribution in [-0.4, -0.2) is 28.8 Å². The van der Waals surface area contributed by atoms with Crippen LogP contribution in [0.5, 0.6) is 17.2 Å². The Morgan fingerprint density at radius 1 is 1.06 bits per heavy atom. The second kappa shape index (κ2) is 5.22. The highest BCUT2D eigenvalue weighted by Crippen LogP contribution is 2.34. The minimum atomic E-state index is -1.79. The number of carbonyl (C=O) groups excluding carboxylic acids is 1. The van der Waals surface area contributed by atoms with Crippen molar-refractivity contribution in [3.63, 3.8) is 0 Å². The molecule has 0 bridgehead atoms. The minimum Gasteiger partial charge on any atom is -0.544 e. The first-order valence-electron chi connectivity index (χ1n) is 5.31. The molecule has 0 aliphatic carbocycles. The van der Waals surface area contributed by atoms with Gasteiger partial charge in [0.15, 0.2) is 6.29 Å². The van der Waals surface area contributed by atoms with Crippen LogP contribution in [0.15, 0.2) is 12.1 Å². The van der Waals surface area contributed by atoms with Gasteiger partial charge < -0.3 is 13.9 Å². The maximum absolute atomic E-state index is 11.1. The number of benzene rings is 1. The highest BCUT2D eigenvalue weighted by Gasteiger charge is 2.21. The Morgan fingerprint density at radius 3 is 2.06 bits per heavy atom. The number of ether oxygens (including phenoxy) is 2. The molecular formula is C12H18O4Si. The normalized spacial score (nSPS) is 10.9. The molecule has 4 nitrogen and oxygen atoms in total. The van der Waals surface area contributed by atoms with Crippen molar-refractivity contribution in [2.75, 3.05) is 14.2 Å². The van der Waals surface area contributed by atoms with E-state index in [4.69, 9.17) is 13.9 Å². The van der Waals surface area contributed by atoms with E-state index in [9.17, 15) is 4.79 Å². The molecule has 5 heteroatoms. The lowest BCUT2D eigenvalue weighted by Crippen LogP contribution is -2.29. The van der Waals surface area contributed by atoms with Crippen molar-refractivity contribution in [2.45, 2.75) is 19.6 Å². The van der Waals surface area contributed by atoms with Crippen molar-refractivity contribution >= 4 is 14.6 Å². The lowest BCUT2D eigenvalue weighted by atomic mass is 10.2. The number of methoxy groups -OCH3 is 2. The Kier molecular flexibility index (Phi) is 4.17. The summed E-state index contributed by atoms with van der Waals surface area (Å²) in [5.41, 5.74) is 0.427. The first kappa shape index (κ1) is 13.6. The maximum atomic E-state index is 11.1. The minimum absolute atomic E-state index is 0.427. The molecule has 0 radical (unpaired) electrons. The predicted molar refractivity (Wildman–Crippen MR) is 68.9 cm³/mol. The fourth-order valence-corrected chi connectivity index (χ4v) is 2.22. The molecule has 1 aromatic carbocycles. The SMILES string of the molecule is COc1cc(OC)c(C=O)c(O[Si](C)(C)C)c1. The smallest absolute Gasteiger partial charge is 0.242 e. The number of carbonyl (C=O) groups is 1. The van der Waals surface area contributed by atoms with Crippen LogP contribution in [0, 0.1) is 0 Å². The number of hydrogen-bond donors (Lipinski definition) is 0. The molecule has 0 aromatic heterocycles. The van der Waals surface area contributed by atoms with Crippen LogP contribution >= 0.6 is 0 Å². The van der Waals surface area contributed by atoms with Gasteiger partial charge in [0, 0.05) is 12.1 Å². The monoisotopic (exact) mass is 254 g/mol. The van der Waals surface area contributed by atoms with Gasteiger partial charge in [-0.2, -0.15) is 0 Å². The van der Waals surface area contributed by atoms with Crippen molar-refractivity contribution < 1.29 is 18.7 Å². The lowest BCUT2D eigenvalue weighted by molar-refractivity contribution is 0.111. The zero-order valence-corrected chi connectivity index (χ0v) is 11.9. The van der Waals surface area contributed by atoms with Gasteiger partial charge in [0.05, 0.1) is 19.8 Å². The Balaban J connectivity index is 3.29. The Bertz CT molecular complexity index is 410. The zero-order chi connectivity index (χ0) is 13.1. The van der Waals surface area contributed by atoms with Gasteiger partial charge in [0.25, 0.3) is 0 Å². The lowest BCUT2D eigenvalue weighted by Gasteiger charge is -2.21. The molecule has 0 N–H and O–H groups in total. The molecule has 0 fully saturated rings. The van der Waals surface area contributed by atoms with E-state index >= 15 is 0 Å². The highest BCUT2D eigenvalue weighted by molar-refractivity contribution is 6.70. The van der Waals surface area contributed by atoms with Crippen molar-refractivity contribution in [1.82, 2.24) is 0 Å². The van der Waals surface area contributed by atoms with E-state index in [1.54, 1.807) is 19.2 Å². The van der Waals surface area contributed by atoms with Crippen molar-refractivity contribution in [2.24, 2.45) is 0 Å². The Hall–Kier alpha value is -1.49. The van der Waals surface area contributed by atoms with Crippen molar-refractivity contribution in [3.05, 3.63) is 17.7 Å². The Morgan fingerprint density at radius 2 is 1.65 bits per heavy atom. The molecule has 0 saturated heterocycles. The summed E-state index contributed by atoms with van der Waals surface area (Å²) in [6.45, 7) is 6.15. The van der Waals surface area contributed by atoms with Crippen LogP contribution in [0.1, 0.15) is 10.4 Å². The molecule has 17 heavy (non-hydrogen) atoms. The van der Waals surface area contributed by atoms with E-state index in [-0.39, 0.29) is 0 Å². The van der Waals surface area contributed by atoms with Gasteiger partial charge in [-0.05, 0) is 19.6 Å². The van der Waals surface area contributed by atoms with Crippen molar-refractivity contribution in [1.29, 1.82) is 0 Å². The molecule has 0 amide bonds. The van der Waals surface area contributed by atoms with Crippen LogP contribution in [0.4, 0.5) is 0 Å². The van der Waals surface area contributed by atoms with Crippen LogP contribution in [0.25, 0.3) is 0 Å². The number of hydrogen-bond acceptors (Lipinski definition) is 4. The number of aldehydes is 1. The second-order valence-electron chi connectivity index (χ2n) is 4.57. The third-order valence-corrected chi connectivity index (χ3v) is 2.90. The van der Waals surface area contributed by atoms with Crippen molar-refractivity contribution in [3.8, 4) is 17.2 Å². The molecule has 0 unspecified atom stereocenters. The summed E-state index contributed by atoms with van der Waals surface area (Å²) in [6.07, 6.45) is 0.744. The van der Waals surface area contributed by atoms with Gasteiger partial charge in [-0.15, -0.1) is 0 Å². The van der Waals surface area contributed by atoms with Gasteiger partial charge >= 0.3 is 0 Å². The van der Waals surface area contributed by atoms with E-state index < -0.39 is 8.32 Å². The van der Waals surface area contributed by atoms with E-state index in [0.717, 1.165) is 6.29 Å². The molecule has 1 rings (SSSR count). The largest absolute Gasteiger partial charge is 0.544 e. The number of rotatable bonds is 5. The molecule has 0 aliphatic heterocycles. The first-order valence-corrected chi connectivity index (χ1v) is 8.72. The molecule has 0 spiro atoms. The first-order chi connectivity index (χ1) is 7.91. The molecule has 0 saturated carbocycles. The fraction of sp³-hybridized carbons (Fsp3) is 0.417. The molecular weight excluding hydrogens is 236 g/mol. The zero-order valence-electron chi connectivity index (χ0n) is 10.9. The molecule has 1 aromatic rings. The van der Waals surface area contributed by atoms with Gasteiger partial charge in [0.1, 0.15) is 17.2 Å². The summed E-state index contributed by atoms with van der Waals surface area (Å²) in [6, 6.07) is 3.38. The molecule has 0 heterocycles. The molecule has 94 valence electrons. The predicted octanol–water partition coefficient (Wildman–Crippen LogP) is 2.73. The van der Waals surface area contributed by atoms with E-state index in [2.05, 4.69) is 0 Å². The van der Waals surface area contributed by atoms with E-state index in [1.165, 1.54) is 7.11 Å². The Labute approximate surface area is 103 Å². The van der Waals surface area contributed by atoms with Gasteiger partial charge in [-0.1, -0.05) is 0 Å². The summed E-state index contributed by atoms with van der Waals surface area (Å²) >= 11 is 0. The highest BCUT2D eigenvalue weighted by atomic mass is 28.4. The second-order valence-corrected chi connectivity index (χ2v) is 9.00. The average Bonchev–Trinajstić information content (AvgIpc) is 2.25. The maximum Gasteiger partial charge on any atom is 0.242 e. The van der Waals surface area contributed by atoms with Gasteiger partial charge in [0.2, 0.25) is 8.32 Å². The van der Waals surface area contributed by atoms with E-state index in [1.807, 2.05) is 19.6 Å². The topological polar surface area (TPSA) is 44.8 Å². The fourth-order valence-electron chi connectivity index (χ4n) is 1.39. The van der Waals surface area contributed by atoms with Crippen LogP contribution < -0.4 is 13.9 Å². The summed E-state index contributed by atoms with van der Waals surface area (Å²) < 4.78 is 16.2. The average molecular weight is 254 g/mol. The molecule has 0 aliphatic rings. The quantitative estimate of drug-likeness (QED) is 0.598. The third-order valence-electron chi connectivity index (χ3n) is 2.07. The van der Waals surface area contributed by atoms with Crippen LogP contribution in [0.3, 0.4) is 0 Å². The van der Waals surface area contributed by atoms with Gasteiger partial charge in [-0.3, -0.25) is 4.79 Å². The van der Waals surface area contributed by atoms with Crippen LogP contribution in [0.2, 0.25) is 19.6 Å². The summed E-state index contributed by atoms with van der Waals surface area (Å²) in [7, 11) is 1.29. The standard InChI is InChI=1S/C12H18O4Si/c1-14-9-6-11(15-2)10(8-13)12(7-9)16-17(3,4)5/h6-8H,1-5H3. The van der Waals surface area contributed by atoms with E-state index in [0.29, 0.717) is 22.8 Å².